The molecule has 0 aromatic heterocycles. The molecular formula is C12H16Br2O. The number of aryl methyl sites for hydroxylation is 1. The number of halogens is 2. The van der Waals surface area contributed by atoms with Crippen molar-refractivity contribution in [2.75, 3.05) is 7.11 Å². The molecule has 0 N–H and O–H groups in total. The van der Waals surface area contributed by atoms with E-state index in [0.29, 0.717) is 10.7 Å². The molecule has 0 heterocycles. The topological polar surface area (TPSA) is 9.23 Å². The zero-order chi connectivity index (χ0) is 11.6. The first-order valence-electron chi connectivity index (χ1n) is 4.95. The van der Waals surface area contributed by atoms with Gasteiger partial charge in [0, 0.05) is 14.9 Å². The van der Waals surface area contributed by atoms with Gasteiger partial charge >= 0.3 is 0 Å². The first-order chi connectivity index (χ1) is 6.97. The van der Waals surface area contributed by atoms with Crippen LogP contribution in [0.4, 0.5) is 0 Å². The summed E-state index contributed by atoms with van der Waals surface area (Å²) in [6.45, 7) is 6.44. The van der Waals surface area contributed by atoms with Gasteiger partial charge in [0.2, 0.25) is 0 Å². The van der Waals surface area contributed by atoms with Crippen molar-refractivity contribution in [3.8, 4) is 5.75 Å². The SMILES string of the molecule is COc1cc(C)c(Br)cc1C(Br)C(C)C. The second kappa shape index (κ2) is 5.35. The maximum atomic E-state index is 5.40. The highest BCUT2D eigenvalue weighted by Gasteiger charge is 2.17. The minimum atomic E-state index is 0.323. The van der Waals surface area contributed by atoms with Gasteiger partial charge in [-0.15, -0.1) is 0 Å². The van der Waals surface area contributed by atoms with E-state index in [-0.39, 0.29) is 0 Å². The van der Waals surface area contributed by atoms with Gasteiger partial charge < -0.3 is 4.74 Å². The second-order valence-electron chi connectivity index (χ2n) is 3.99. The number of ether oxygens (including phenoxy) is 1. The Morgan fingerprint density at radius 2 is 1.87 bits per heavy atom. The van der Waals surface area contributed by atoms with Gasteiger partial charge in [-0.1, -0.05) is 45.7 Å². The largest absolute Gasteiger partial charge is 0.496 e. The third kappa shape index (κ3) is 2.97. The fourth-order valence-electron chi connectivity index (χ4n) is 1.42. The summed E-state index contributed by atoms with van der Waals surface area (Å²) in [7, 11) is 1.71. The second-order valence-corrected chi connectivity index (χ2v) is 5.83. The van der Waals surface area contributed by atoms with E-state index >= 15 is 0 Å². The summed E-state index contributed by atoms with van der Waals surface area (Å²) < 4.78 is 6.53. The normalized spacial score (nSPS) is 13.0. The molecule has 3 heteroatoms. The Labute approximate surface area is 108 Å². The molecule has 0 bridgehead atoms. The van der Waals surface area contributed by atoms with Crippen molar-refractivity contribution < 1.29 is 4.74 Å². The Balaban J connectivity index is 3.21. The lowest BCUT2D eigenvalue weighted by molar-refractivity contribution is 0.406. The maximum absolute atomic E-state index is 5.40. The molecule has 0 saturated heterocycles. The van der Waals surface area contributed by atoms with E-state index in [1.165, 1.54) is 11.1 Å². The van der Waals surface area contributed by atoms with Crippen LogP contribution in [0.1, 0.15) is 29.8 Å². The van der Waals surface area contributed by atoms with Gasteiger partial charge in [-0.25, -0.2) is 0 Å². The molecule has 15 heavy (non-hydrogen) atoms. The molecule has 0 aliphatic carbocycles. The van der Waals surface area contributed by atoms with Crippen LogP contribution >= 0.6 is 31.9 Å². The van der Waals surface area contributed by atoms with Crippen LogP contribution in [-0.2, 0) is 0 Å². The van der Waals surface area contributed by atoms with Crippen LogP contribution < -0.4 is 4.74 Å². The summed E-state index contributed by atoms with van der Waals surface area (Å²) >= 11 is 7.25. The van der Waals surface area contributed by atoms with Crippen LogP contribution in [0, 0.1) is 12.8 Å². The Hall–Kier alpha value is -0.0200. The Kier molecular flexibility index (Phi) is 4.65. The molecular weight excluding hydrogens is 320 g/mol. The number of hydrogen-bond acceptors (Lipinski definition) is 1. The molecule has 1 unspecified atom stereocenters. The summed E-state index contributed by atoms with van der Waals surface area (Å²) in [5.74, 6) is 1.49. The van der Waals surface area contributed by atoms with Crippen LogP contribution in [-0.4, -0.2) is 7.11 Å². The fourth-order valence-corrected chi connectivity index (χ4v) is 2.14. The summed E-state index contributed by atoms with van der Waals surface area (Å²) in [5, 5.41) is 0. The Morgan fingerprint density at radius 3 is 2.33 bits per heavy atom. The van der Waals surface area contributed by atoms with Gasteiger partial charge in [0.15, 0.2) is 0 Å². The first kappa shape index (κ1) is 13.0. The smallest absolute Gasteiger partial charge is 0.123 e. The van der Waals surface area contributed by atoms with E-state index in [2.05, 4.69) is 64.8 Å². The molecule has 1 nitrogen and oxygen atoms in total. The van der Waals surface area contributed by atoms with Crippen molar-refractivity contribution in [3.05, 3.63) is 27.7 Å². The molecule has 0 radical (unpaired) electrons. The van der Waals surface area contributed by atoms with Gasteiger partial charge in [0.1, 0.15) is 5.75 Å². The minimum absolute atomic E-state index is 0.323. The zero-order valence-corrected chi connectivity index (χ0v) is 12.6. The minimum Gasteiger partial charge on any atom is -0.496 e. The van der Waals surface area contributed by atoms with Crippen LogP contribution in [0.25, 0.3) is 0 Å². The predicted octanol–water partition coefficient (Wildman–Crippen LogP) is 4.86. The van der Waals surface area contributed by atoms with Crippen LogP contribution in [0.2, 0.25) is 0 Å². The van der Waals surface area contributed by atoms with Crippen LogP contribution in [0.15, 0.2) is 16.6 Å². The molecule has 0 saturated carbocycles. The van der Waals surface area contributed by atoms with E-state index in [0.717, 1.165) is 10.2 Å². The summed E-state index contributed by atoms with van der Waals surface area (Å²) in [6.07, 6.45) is 0. The van der Waals surface area contributed by atoms with E-state index in [1.54, 1.807) is 7.11 Å². The van der Waals surface area contributed by atoms with Gasteiger partial charge in [-0.05, 0) is 30.5 Å². The molecule has 0 spiro atoms. The zero-order valence-electron chi connectivity index (χ0n) is 9.47. The highest BCUT2D eigenvalue weighted by Crippen LogP contribution is 2.39. The van der Waals surface area contributed by atoms with Gasteiger partial charge in [-0.3, -0.25) is 0 Å². The van der Waals surface area contributed by atoms with Gasteiger partial charge in [-0.2, -0.15) is 0 Å². The highest BCUT2D eigenvalue weighted by molar-refractivity contribution is 9.10. The lowest BCUT2D eigenvalue weighted by atomic mass is 10.0. The third-order valence-electron chi connectivity index (χ3n) is 2.39. The molecule has 1 aromatic carbocycles. The van der Waals surface area contributed by atoms with Crippen LogP contribution in [0.5, 0.6) is 5.75 Å². The van der Waals surface area contributed by atoms with E-state index in [4.69, 9.17) is 4.74 Å². The van der Waals surface area contributed by atoms with Crippen molar-refractivity contribution in [1.82, 2.24) is 0 Å². The van der Waals surface area contributed by atoms with Crippen molar-refractivity contribution in [2.45, 2.75) is 25.6 Å². The maximum Gasteiger partial charge on any atom is 0.123 e. The molecule has 0 fully saturated rings. The fraction of sp³-hybridized carbons (Fsp3) is 0.500. The van der Waals surface area contributed by atoms with Gasteiger partial charge in [0.05, 0.1) is 7.11 Å². The number of hydrogen-bond donors (Lipinski definition) is 0. The Bertz CT molecular complexity index is 348. The number of rotatable bonds is 3. The average molecular weight is 336 g/mol. The molecule has 0 aliphatic heterocycles. The Morgan fingerprint density at radius 1 is 1.27 bits per heavy atom. The summed E-state index contributed by atoms with van der Waals surface area (Å²) in [4.78, 5) is 0.323. The number of methoxy groups -OCH3 is 1. The number of benzene rings is 1. The van der Waals surface area contributed by atoms with E-state index in [9.17, 15) is 0 Å². The van der Waals surface area contributed by atoms with Crippen LogP contribution in [0.3, 0.4) is 0 Å². The third-order valence-corrected chi connectivity index (χ3v) is 4.80. The lowest BCUT2D eigenvalue weighted by Crippen LogP contribution is -2.02. The van der Waals surface area contributed by atoms with E-state index < -0.39 is 0 Å². The van der Waals surface area contributed by atoms with Crippen molar-refractivity contribution in [3.63, 3.8) is 0 Å². The summed E-state index contributed by atoms with van der Waals surface area (Å²) in [5.41, 5.74) is 2.39. The molecule has 1 rings (SSSR count). The molecule has 84 valence electrons. The first-order valence-corrected chi connectivity index (χ1v) is 6.66. The average Bonchev–Trinajstić information content (AvgIpc) is 2.20. The van der Waals surface area contributed by atoms with Crippen molar-refractivity contribution in [1.29, 1.82) is 0 Å². The molecule has 1 atom stereocenters. The molecule has 1 aromatic rings. The lowest BCUT2D eigenvalue weighted by Gasteiger charge is -2.18. The standard InChI is InChI=1S/C12H16Br2O/c1-7(2)12(14)9-6-10(13)8(3)5-11(9)15-4/h5-7,12H,1-4H3. The van der Waals surface area contributed by atoms with E-state index in [1.807, 2.05) is 0 Å². The van der Waals surface area contributed by atoms with Crippen molar-refractivity contribution in [2.24, 2.45) is 5.92 Å². The van der Waals surface area contributed by atoms with Crippen molar-refractivity contribution >= 4 is 31.9 Å². The number of alkyl halides is 1. The molecule has 0 aliphatic rings. The predicted molar refractivity (Wildman–Crippen MR) is 71.9 cm³/mol. The highest BCUT2D eigenvalue weighted by atomic mass is 79.9. The summed E-state index contributed by atoms with van der Waals surface area (Å²) in [6, 6.07) is 4.20. The monoisotopic (exact) mass is 334 g/mol. The quantitative estimate of drug-likeness (QED) is 0.717. The van der Waals surface area contributed by atoms with Gasteiger partial charge in [0.25, 0.3) is 0 Å². The molecule has 0 amide bonds.